The van der Waals surface area contributed by atoms with Crippen molar-refractivity contribution in [1.82, 2.24) is 4.98 Å². The van der Waals surface area contributed by atoms with Gasteiger partial charge < -0.3 is 15.3 Å². The van der Waals surface area contributed by atoms with Crippen molar-refractivity contribution < 1.29 is 15.3 Å². The van der Waals surface area contributed by atoms with Crippen molar-refractivity contribution in [2.45, 2.75) is 115 Å². The molecular formula is C35H49NO3. The third kappa shape index (κ3) is 5.62. The maximum Gasteiger partial charge on any atom is 0.0832 e. The fourth-order valence-electron chi connectivity index (χ4n) is 8.20. The van der Waals surface area contributed by atoms with Gasteiger partial charge in [0.05, 0.1) is 18.3 Å². The topological polar surface area (TPSA) is 73.6 Å². The van der Waals surface area contributed by atoms with E-state index in [0.29, 0.717) is 30.6 Å². The standard InChI is InChI=1S/C35H49NO3/c1-5-8-27-10-6-11-32(36-27)35(19-20-35)33(39)17-12-23(2)29-15-16-30-25(9-7-18-34(29,30)4)13-14-26-21-28(37)22-31(38)24(26)3/h6,10-14,17,23,28-31,33,37-39H,3,5,7-9,15-16,18-22H2,1-2,4H3/b17-12+,25-13+,26-14-/t23-,28-,29-,30+,31+,33+,34-/m1/s1. The second-order valence-electron chi connectivity index (χ2n) is 13.3. The van der Waals surface area contributed by atoms with Crippen LogP contribution in [0.3, 0.4) is 0 Å². The second kappa shape index (κ2) is 11.5. The molecule has 0 unspecified atom stereocenters. The molecule has 0 saturated heterocycles. The highest BCUT2D eigenvalue weighted by Gasteiger charge is 2.52. The first-order chi connectivity index (χ1) is 18.7. The zero-order valence-corrected chi connectivity index (χ0v) is 24.3. The van der Waals surface area contributed by atoms with Gasteiger partial charge in [-0.05, 0) is 104 Å². The molecule has 1 aromatic heterocycles. The normalized spacial score (nSPS) is 35.9. The van der Waals surface area contributed by atoms with Crippen molar-refractivity contribution in [1.29, 1.82) is 0 Å². The van der Waals surface area contributed by atoms with E-state index in [0.717, 1.165) is 54.6 Å². The van der Waals surface area contributed by atoms with Crippen molar-refractivity contribution >= 4 is 0 Å². The number of rotatable bonds is 8. The molecule has 3 N–H and O–H groups in total. The van der Waals surface area contributed by atoms with Gasteiger partial charge in [0.15, 0.2) is 0 Å². The average molecular weight is 532 g/mol. The molecule has 0 bridgehead atoms. The minimum absolute atomic E-state index is 0.208. The molecule has 0 aliphatic heterocycles. The minimum Gasteiger partial charge on any atom is -0.393 e. The molecule has 0 radical (unpaired) electrons. The average Bonchev–Trinajstić information content (AvgIpc) is 3.65. The van der Waals surface area contributed by atoms with Crippen LogP contribution in [0.5, 0.6) is 0 Å². The molecule has 7 atom stereocenters. The molecule has 0 amide bonds. The summed E-state index contributed by atoms with van der Waals surface area (Å²) in [5.41, 5.74) is 5.51. The Labute approximate surface area is 235 Å². The Morgan fingerprint density at radius 3 is 2.67 bits per heavy atom. The molecule has 4 nitrogen and oxygen atoms in total. The van der Waals surface area contributed by atoms with E-state index >= 15 is 0 Å². The summed E-state index contributed by atoms with van der Waals surface area (Å²) in [5.74, 6) is 1.57. The highest BCUT2D eigenvalue weighted by molar-refractivity contribution is 5.39. The Balaban J connectivity index is 1.28. The lowest BCUT2D eigenvalue weighted by Crippen LogP contribution is -2.35. The van der Waals surface area contributed by atoms with Crippen molar-refractivity contribution in [2.24, 2.45) is 23.2 Å². The van der Waals surface area contributed by atoms with Crippen LogP contribution < -0.4 is 0 Å². The summed E-state index contributed by atoms with van der Waals surface area (Å²) in [5, 5.41) is 31.7. The van der Waals surface area contributed by atoms with Gasteiger partial charge in [0, 0.05) is 23.2 Å². The van der Waals surface area contributed by atoms with Crippen molar-refractivity contribution in [3.05, 3.63) is 77.2 Å². The maximum atomic E-state index is 11.3. The van der Waals surface area contributed by atoms with E-state index in [1.807, 2.05) is 0 Å². The SMILES string of the molecule is C=C1/C(=C\C=C2/CCC[C@]3(C)[C@@H]([C@H](C)/C=C/[C@H](O)C4(c5cccc(CCC)n5)CC4)CC[C@@H]23)C[C@@H](O)C[C@@H]1O. The lowest BCUT2D eigenvalue weighted by atomic mass is 9.61. The molecule has 4 aliphatic carbocycles. The van der Waals surface area contributed by atoms with Crippen LogP contribution in [0.2, 0.25) is 0 Å². The summed E-state index contributed by atoms with van der Waals surface area (Å²) in [6.07, 6.45) is 18.2. The van der Waals surface area contributed by atoms with Crippen LogP contribution >= 0.6 is 0 Å². The summed E-state index contributed by atoms with van der Waals surface area (Å²) >= 11 is 0. The van der Waals surface area contributed by atoms with Gasteiger partial charge in [-0.1, -0.05) is 69.7 Å². The van der Waals surface area contributed by atoms with Crippen molar-refractivity contribution in [2.75, 3.05) is 0 Å². The molecular weight excluding hydrogens is 482 g/mol. The van der Waals surface area contributed by atoms with Crippen molar-refractivity contribution in [3.8, 4) is 0 Å². The third-order valence-corrected chi connectivity index (χ3v) is 10.7. The van der Waals surface area contributed by atoms with Gasteiger partial charge >= 0.3 is 0 Å². The first-order valence-electron chi connectivity index (χ1n) is 15.5. The number of aromatic nitrogens is 1. The van der Waals surface area contributed by atoms with E-state index in [2.05, 4.69) is 69.9 Å². The highest BCUT2D eigenvalue weighted by Crippen LogP contribution is 2.60. The molecule has 5 rings (SSSR count). The van der Waals surface area contributed by atoms with Crippen LogP contribution in [0.1, 0.15) is 96.4 Å². The number of fused-ring (bicyclic) bond motifs is 1. The number of aliphatic hydroxyl groups excluding tert-OH is 3. The zero-order chi connectivity index (χ0) is 27.8. The third-order valence-electron chi connectivity index (χ3n) is 10.7. The van der Waals surface area contributed by atoms with E-state index < -0.39 is 18.3 Å². The van der Waals surface area contributed by atoms with Crippen LogP contribution in [0.4, 0.5) is 0 Å². The zero-order valence-electron chi connectivity index (χ0n) is 24.3. The monoisotopic (exact) mass is 531 g/mol. The number of nitrogens with zero attached hydrogens (tertiary/aromatic N) is 1. The van der Waals surface area contributed by atoms with Gasteiger partial charge in [-0.3, -0.25) is 4.98 Å². The van der Waals surface area contributed by atoms with Crippen LogP contribution in [-0.4, -0.2) is 38.6 Å². The van der Waals surface area contributed by atoms with E-state index in [-0.39, 0.29) is 10.8 Å². The molecule has 4 fully saturated rings. The Bertz CT molecular complexity index is 1140. The molecule has 1 aromatic rings. The van der Waals surface area contributed by atoms with E-state index in [9.17, 15) is 15.3 Å². The second-order valence-corrected chi connectivity index (χ2v) is 13.3. The lowest BCUT2D eigenvalue weighted by molar-refractivity contribution is 0.0862. The summed E-state index contributed by atoms with van der Waals surface area (Å²) in [4.78, 5) is 4.92. The predicted octanol–water partition coefficient (Wildman–Crippen LogP) is 6.76. The Kier molecular flexibility index (Phi) is 8.38. The maximum absolute atomic E-state index is 11.3. The number of hydrogen-bond donors (Lipinski definition) is 3. The van der Waals surface area contributed by atoms with Crippen LogP contribution in [0, 0.1) is 23.2 Å². The largest absolute Gasteiger partial charge is 0.393 e. The summed E-state index contributed by atoms with van der Waals surface area (Å²) in [6, 6.07) is 6.31. The van der Waals surface area contributed by atoms with Crippen LogP contribution in [0.15, 0.2) is 65.8 Å². The number of allylic oxidation sites excluding steroid dienone is 4. The van der Waals surface area contributed by atoms with E-state index in [4.69, 9.17) is 4.98 Å². The first kappa shape index (κ1) is 28.5. The molecule has 4 heteroatoms. The Morgan fingerprint density at radius 2 is 1.92 bits per heavy atom. The molecule has 4 saturated carbocycles. The number of pyridine rings is 1. The van der Waals surface area contributed by atoms with Crippen LogP contribution in [-0.2, 0) is 11.8 Å². The molecule has 0 aromatic carbocycles. The molecule has 0 spiro atoms. The number of hydrogen-bond acceptors (Lipinski definition) is 4. The molecule has 4 aliphatic rings. The molecule has 39 heavy (non-hydrogen) atoms. The van der Waals surface area contributed by atoms with Gasteiger partial charge in [0.25, 0.3) is 0 Å². The van der Waals surface area contributed by atoms with Gasteiger partial charge in [0.1, 0.15) is 0 Å². The number of aliphatic hydroxyl groups is 3. The quantitative estimate of drug-likeness (QED) is 0.324. The number of aryl methyl sites for hydroxylation is 1. The minimum atomic E-state index is -0.639. The molecule has 1 heterocycles. The lowest BCUT2D eigenvalue weighted by Gasteiger charge is -2.44. The van der Waals surface area contributed by atoms with Gasteiger partial charge in [0.2, 0.25) is 0 Å². The van der Waals surface area contributed by atoms with Crippen molar-refractivity contribution in [3.63, 3.8) is 0 Å². The fraction of sp³-hybridized carbons (Fsp3) is 0.629. The predicted molar refractivity (Wildman–Crippen MR) is 158 cm³/mol. The summed E-state index contributed by atoms with van der Waals surface area (Å²) in [7, 11) is 0. The highest BCUT2D eigenvalue weighted by atomic mass is 16.3. The molecule has 212 valence electrons. The Hall–Kier alpha value is -2.01. The van der Waals surface area contributed by atoms with Crippen LogP contribution in [0.25, 0.3) is 0 Å². The first-order valence-corrected chi connectivity index (χ1v) is 15.5. The summed E-state index contributed by atoms with van der Waals surface area (Å²) < 4.78 is 0. The fourth-order valence-corrected chi connectivity index (χ4v) is 8.20. The van der Waals surface area contributed by atoms with Gasteiger partial charge in [-0.2, -0.15) is 0 Å². The Morgan fingerprint density at radius 1 is 1.13 bits per heavy atom. The van der Waals surface area contributed by atoms with Gasteiger partial charge in [-0.15, -0.1) is 0 Å². The van der Waals surface area contributed by atoms with Gasteiger partial charge in [-0.25, -0.2) is 0 Å². The van der Waals surface area contributed by atoms with E-state index in [1.54, 1.807) is 0 Å². The summed E-state index contributed by atoms with van der Waals surface area (Å²) in [6.45, 7) is 11.1. The smallest absolute Gasteiger partial charge is 0.0832 e. The van der Waals surface area contributed by atoms with E-state index in [1.165, 1.54) is 31.3 Å².